The maximum atomic E-state index is 11.1. The number of anilines is 1. The van der Waals surface area contributed by atoms with Gasteiger partial charge in [0.05, 0.1) is 11.5 Å². The number of piperazine rings is 1. The number of likely N-dealkylation sites (N-methyl/N-ethyl adjacent to an activating group) is 1. The van der Waals surface area contributed by atoms with Crippen LogP contribution in [0.5, 0.6) is 5.88 Å². The number of nitrogens with zero attached hydrogens (tertiary/aromatic N) is 4. The first-order valence-corrected chi connectivity index (χ1v) is 8.72. The zero-order valence-electron chi connectivity index (χ0n) is 13.0. The van der Waals surface area contributed by atoms with Crippen molar-refractivity contribution >= 4 is 23.3 Å². The third-order valence-corrected chi connectivity index (χ3v) is 4.28. The zero-order valence-corrected chi connectivity index (χ0v) is 13.8. The number of ether oxygens (including phenoxy) is 1. The lowest BCUT2D eigenvalue weighted by atomic mass is 10.3. The molecule has 1 aromatic rings. The minimum atomic E-state index is -0.440. The van der Waals surface area contributed by atoms with Crippen LogP contribution in [0.25, 0.3) is 0 Å². The van der Waals surface area contributed by atoms with Crippen molar-refractivity contribution in [3.63, 3.8) is 0 Å². The summed E-state index contributed by atoms with van der Waals surface area (Å²) in [6.07, 6.45) is 2.87. The highest BCUT2D eigenvalue weighted by atomic mass is 32.2. The number of hydrogen-bond acceptors (Lipinski definition) is 7. The fourth-order valence-electron chi connectivity index (χ4n) is 2.25. The number of nitro groups is 1. The van der Waals surface area contributed by atoms with Gasteiger partial charge in [-0.2, -0.15) is 16.7 Å². The van der Waals surface area contributed by atoms with E-state index in [0.29, 0.717) is 6.61 Å². The van der Waals surface area contributed by atoms with Crippen molar-refractivity contribution in [2.45, 2.75) is 6.42 Å². The standard InChI is InChI=1S/C14H22N4O3S/c1-16-6-8-17(9-7-16)13-5-4-12(18(19)20)14(15-13)21-10-3-11-22-2/h4-5H,3,6-11H2,1-2H3. The van der Waals surface area contributed by atoms with E-state index in [1.54, 1.807) is 17.8 Å². The van der Waals surface area contributed by atoms with Gasteiger partial charge in [-0.05, 0) is 31.5 Å². The van der Waals surface area contributed by atoms with Crippen LogP contribution >= 0.6 is 11.8 Å². The van der Waals surface area contributed by atoms with Crippen molar-refractivity contribution in [1.82, 2.24) is 9.88 Å². The summed E-state index contributed by atoms with van der Waals surface area (Å²) in [6, 6.07) is 3.20. The van der Waals surface area contributed by atoms with Crippen LogP contribution in [-0.4, -0.2) is 66.6 Å². The summed E-state index contributed by atoms with van der Waals surface area (Å²) in [7, 11) is 2.08. The maximum Gasteiger partial charge on any atom is 0.331 e. The zero-order chi connectivity index (χ0) is 15.9. The summed E-state index contributed by atoms with van der Waals surface area (Å²) in [5.74, 6) is 1.84. The van der Waals surface area contributed by atoms with E-state index in [4.69, 9.17) is 4.74 Å². The van der Waals surface area contributed by atoms with Gasteiger partial charge in [0.1, 0.15) is 5.82 Å². The summed E-state index contributed by atoms with van der Waals surface area (Å²) < 4.78 is 5.55. The van der Waals surface area contributed by atoms with E-state index in [-0.39, 0.29) is 11.6 Å². The smallest absolute Gasteiger partial charge is 0.331 e. The quantitative estimate of drug-likeness (QED) is 0.430. The first-order valence-electron chi connectivity index (χ1n) is 7.32. The van der Waals surface area contributed by atoms with Gasteiger partial charge >= 0.3 is 5.69 Å². The fraction of sp³-hybridized carbons (Fsp3) is 0.643. The predicted octanol–water partition coefficient (Wildman–Crippen LogP) is 1.87. The molecule has 0 aromatic carbocycles. The van der Waals surface area contributed by atoms with Crippen molar-refractivity contribution in [3.8, 4) is 5.88 Å². The van der Waals surface area contributed by atoms with Crippen molar-refractivity contribution in [2.75, 3.05) is 56.7 Å². The second kappa shape index (κ2) is 8.19. The third-order valence-electron chi connectivity index (χ3n) is 3.58. The van der Waals surface area contributed by atoms with Gasteiger partial charge in [-0.1, -0.05) is 0 Å². The van der Waals surface area contributed by atoms with Gasteiger partial charge in [-0.3, -0.25) is 10.1 Å². The van der Waals surface area contributed by atoms with Crippen molar-refractivity contribution in [1.29, 1.82) is 0 Å². The molecule has 0 radical (unpaired) electrons. The minimum Gasteiger partial charge on any atom is -0.473 e. The van der Waals surface area contributed by atoms with Crippen LogP contribution in [0.15, 0.2) is 12.1 Å². The molecular weight excluding hydrogens is 304 g/mol. The molecule has 0 spiro atoms. The van der Waals surface area contributed by atoms with Crippen molar-refractivity contribution in [3.05, 3.63) is 22.2 Å². The molecule has 8 heteroatoms. The third kappa shape index (κ3) is 4.48. The molecule has 0 amide bonds. The Morgan fingerprint density at radius 1 is 1.36 bits per heavy atom. The van der Waals surface area contributed by atoms with E-state index in [2.05, 4.69) is 21.8 Å². The summed E-state index contributed by atoms with van der Waals surface area (Å²) >= 11 is 1.73. The van der Waals surface area contributed by atoms with Gasteiger partial charge in [0, 0.05) is 32.2 Å². The summed E-state index contributed by atoms with van der Waals surface area (Å²) in [4.78, 5) is 19.4. The number of pyridine rings is 1. The lowest BCUT2D eigenvalue weighted by Crippen LogP contribution is -2.44. The van der Waals surface area contributed by atoms with E-state index in [0.717, 1.165) is 44.2 Å². The number of aromatic nitrogens is 1. The van der Waals surface area contributed by atoms with E-state index in [9.17, 15) is 10.1 Å². The molecule has 0 N–H and O–H groups in total. The molecular formula is C14H22N4O3S. The Balaban J connectivity index is 2.10. The summed E-state index contributed by atoms with van der Waals surface area (Å²) in [6.45, 7) is 4.10. The average molecular weight is 326 g/mol. The van der Waals surface area contributed by atoms with Gasteiger partial charge in [-0.25, -0.2) is 0 Å². The van der Waals surface area contributed by atoms with E-state index in [1.807, 2.05) is 6.26 Å². The lowest BCUT2D eigenvalue weighted by molar-refractivity contribution is -0.386. The molecule has 0 aliphatic carbocycles. The van der Waals surface area contributed by atoms with E-state index < -0.39 is 4.92 Å². The molecule has 2 heterocycles. The molecule has 1 aliphatic heterocycles. The van der Waals surface area contributed by atoms with E-state index in [1.165, 1.54) is 6.07 Å². The van der Waals surface area contributed by atoms with Crippen LogP contribution in [0, 0.1) is 10.1 Å². The summed E-state index contributed by atoms with van der Waals surface area (Å²) in [5, 5.41) is 11.1. The molecule has 2 rings (SSSR count). The molecule has 0 unspecified atom stereocenters. The average Bonchev–Trinajstić information content (AvgIpc) is 2.52. The molecule has 0 bridgehead atoms. The molecule has 1 aliphatic rings. The Bertz CT molecular complexity index is 507. The van der Waals surface area contributed by atoms with Gasteiger partial charge in [0.25, 0.3) is 5.88 Å². The molecule has 1 aromatic heterocycles. The summed E-state index contributed by atoms with van der Waals surface area (Å²) in [5.41, 5.74) is -0.0676. The normalized spacial score (nSPS) is 15.8. The lowest BCUT2D eigenvalue weighted by Gasteiger charge is -2.33. The van der Waals surface area contributed by atoms with Gasteiger partial charge in [0.15, 0.2) is 0 Å². The minimum absolute atomic E-state index is 0.0676. The first-order chi connectivity index (χ1) is 10.6. The molecule has 122 valence electrons. The SMILES string of the molecule is CSCCCOc1nc(N2CCN(C)CC2)ccc1[N+](=O)[O-]. The molecule has 0 saturated carbocycles. The van der Waals surface area contributed by atoms with Crippen molar-refractivity contribution in [2.24, 2.45) is 0 Å². The topological polar surface area (TPSA) is 71.7 Å². The van der Waals surface area contributed by atoms with Crippen LogP contribution in [0.2, 0.25) is 0 Å². The fourth-order valence-corrected chi connectivity index (χ4v) is 2.66. The van der Waals surface area contributed by atoms with Gasteiger partial charge < -0.3 is 14.5 Å². The van der Waals surface area contributed by atoms with Crippen molar-refractivity contribution < 1.29 is 9.66 Å². The predicted molar refractivity (Wildman–Crippen MR) is 89.1 cm³/mol. The largest absolute Gasteiger partial charge is 0.473 e. The molecule has 1 saturated heterocycles. The van der Waals surface area contributed by atoms with Gasteiger partial charge in [0.2, 0.25) is 0 Å². The number of rotatable bonds is 7. The van der Waals surface area contributed by atoms with Crippen LogP contribution in [0.1, 0.15) is 6.42 Å². The highest BCUT2D eigenvalue weighted by Gasteiger charge is 2.21. The Hall–Kier alpha value is -1.54. The molecule has 0 atom stereocenters. The van der Waals surface area contributed by atoms with Crippen LogP contribution in [0.3, 0.4) is 0 Å². The highest BCUT2D eigenvalue weighted by Crippen LogP contribution is 2.28. The second-order valence-electron chi connectivity index (χ2n) is 5.24. The highest BCUT2D eigenvalue weighted by molar-refractivity contribution is 7.98. The van der Waals surface area contributed by atoms with Crippen LogP contribution in [0.4, 0.5) is 11.5 Å². The molecule has 7 nitrogen and oxygen atoms in total. The number of thioether (sulfide) groups is 1. The van der Waals surface area contributed by atoms with Crippen LogP contribution < -0.4 is 9.64 Å². The second-order valence-corrected chi connectivity index (χ2v) is 6.22. The Morgan fingerprint density at radius 3 is 2.73 bits per heavy atom. The monoisotopic (exact) mass is 326 g/mol. The van der Waals surface area contributed by atoms with Gasteiger partial charge in [-0.15, -0.1) is 0 Å². The van der Waals surface area contributed by atoms with E-state index >= 15 is 0 Å². The number of hydrogen-bond donors (Lipinski definition) is 0. The Kier molecular flexibility index (Phi) is 6.26. The Morgan fingerprint density at radius 2 is 2.09 bits per heavy atom. The molecule has 22 heavy (non-hydrogen) atoms. The Labute approximate surface area is 134 Å². The first kappa shape index (κ1) is 16.8. The van der Waals surface area contributed by atoms with Crippen LogP contribution in [-0.2, 0) is 0 Å². The molecule has 1 fully saturated rings. The maximum absolute atomic E-state index is 11.1.